The number of aromatic nitrogens is 2. The molecule has 5 nitrogen and oxygen atoms in total. The molecule has 0 spiro atoms. The lowest BCUT2D eigenvalue weighted by Gasteiger charge is -2.23. The second kappa shape index (κ2) is 6.06. The Hall–Kier alpha value is -2.27. The largest absolute Gasteiger partial charge is 0.309 e. The summed E-state index contributed by atoms with van der Waals surface area (Å²) in [7, 11) is 3.71. The first-order valence-corrected chi connectivity index (χ1v) is 5.96. The number of hydrogen-bond acceptors (Lipinski definition) is 4. The van der Waals surface area contributed by atoms with E-state index in [2.05, 4.69) is 15.3 Å². The van der Waals surface area contributed by atoms with Gasteiger partial charge in [-0.05, 0) is 37.9 Å². The molecule has 1 unspecified atom stereocenters. The monoisotopic (exact) mass is 256 g/mol. The van der Waals surface area contributed by atoms with Crippen LogP contribution >= 0.6 is 0 Å². The summed E-state index contributed by atoms with van der Waals surface area (Å²) in [5.41, 5.74) is 0.848. The fourth-order valence-electron chi connectivity index (χ4n) is 1.85. The molecule has 2 rings (SSSR count). The van der Waals surface area contributed by atoms with E-state index < -0.39 is 6.04 Å². The molecule has 0 aliphatic heterocycles. The standard InChI is InChI=1S/C14H16N4O/c1-18(2)13(11-6-5-8-15-10-11)14(19)17-12-7-3-4-9-16-12/h3-10,13H,1-2H3,(H,16,17,19). The van der Waals surface area contributed by atoms with Crippen molar-refractivity contribution in [3.05, 3.63) is 54.5 Å². The van der Waals surface area contributed by atoms with Crippen LogP contribution in [0.4, 0.5) is 5.82 Å². The number of hydrogen-bond donors (Lipinski definition) is 1. The van der Waals surface area contributed by atoms with E-state index in [1.807, 2.05) is 37.2 Å². The molecule has 2 aromatic rings. The van der Waals surface area contributed by atoms with Gasteiger partial charge in [-0.15, -0.1) is 0 Å². The molecule has 2 aromatic heterocycles. The van der Waals surface area contributed by atoms with Crippen LogP contribution in [0.1, 0.15) is 11.6 Å². The normalized spacial score (nSPS) is 12.2. The predicted octanol–water partition coefficient (Wildman–Crippen LogP) is 1.72. The van der Waals surface area contributed by atoms with Gasteiger partial charge in [-0.25, -0.2) is 4.98 Å². The van der Waals surface area contributed by atoms with Gasteiger partial charge in [0.25, 0.3) is 0 Å². The molecule has 0 aliphatic carbocycles. The minimum atomic E-state index is -0.393. The maximum absolute atomic E-state index is 12.3. The number of nitrogens with zero attached hydrogens (tertiary/aromatic N) is 3. The van der Waals surface area contributed by atoms with Crippen LogP contribution in [0.2, 0.25) is 0 Å². The maximum atomic E-state index is 12.3. The van der Waals surface area contributed by atoms with Crippen LogP contribution in [0.15, 0.2) is 48.9 Å². The van der Waals surface area contributed by atoms with Gasteiger partial charge in [0, 0.05) is 18.6 Å². The Morgan fingerprint density at radius 2 is 2.05 bits per heavy atom. The second-order valence-electron chi connectivity index (χ2n) is 4.36. The molecule has 0 radical (unpaired) electrons. The quantitative estimate of drug-likeness (QED) is 0.905. The Morgan fingerprint density at radius 3 is 2.63 bits per heavy atom. The molecule has 1 atom stereocenters. The predicted molar refractivity (Wildman–Crippen MR) is 73.5 cm³/mol. The Bertz CT molecular complexity index is 528. The fourth-order valence-corrected chi connectivity index (χ4v) is 1.85. The van der Waals surface area contributed by atoms with Crippen LogP contribution in [-0.4, -0.2) is 34.9 Å². The zero-order valence-electron chi connectivity index (χ0n) is 10.9. The molecule has 0 aliphatic rings. The number of rotatable bonds is 4. The van der Waals surface area contributed by atoms with Gasteiger partial charge >= 0.3 is 0 Å². The van der Waals surface area contributed by atoms with Crippen molar-refractivity contribution in [3.8, 4) is 0 Å². The van der Waals surface area contributed by atoms with Gasteiger partial charge < -0.3 is 5.32 Å². The number of carbonyl (C=O) groups is 1. The van der Waals surface area contributed by atoms with Crippen molar-refractivity contribution in [1.29, 1.82) is 0 Å². The molecule has 0 aromatic carbocycles. The van der Waals surface area contributed by atoms with E-state index in [0.717, 1.165) is 5.56 Å². The summed E-state index contributed by atoms with van der Waals surface area (Å²) in [6, 6.07) is 8.71. The van der Waals surface area contributed by atoms with Crippen molar-refractivity contribution < 1.29 is 4.79 Å². The van der Waals surface area contributed by atoms with Gasteiger partial charge in [0.05, 0.1) is 0 Å². The molecular weight excluding hydrogens is 240 g/mol. The van der Waals surface area contributed by atoms with Gasteiger partial charge in [-0.3, -0.25) is 14.7 Å². The van der Waals surface area contributed by atoms with Crippen molar-refractivity contribution in [2.75, 3.05) is 19.4 Å². The van der Waals surface area contributed by atoms with Gasteiger partial charge in [0.15, 0.2) is 0 Å². The summed E-state index contributed by atoms with van der Waals surface area (Å²) < 4.78 is 0. The zero-order valence-corrected chi connectivity index (χ0v) is 10.9. The minimum absolute atomic E-state index is 0.128. The first kappa shape index (κ1) is 13.2. The molecule has 19 heavy (non-hydrogen) atoms. The number of likely N-dealkylation sites (N-methyl/N-ethyl adjacent to an activating group) is 1. The van der Waals surface area contributed by atoms with E-state index >= 15 is 0 Å². The van der Waals surface area contributed by atoms with E-state index in [1.54, 1.807) is 30.7 Å². The molecule has 2 heterocycles. The van der Waals surface area contributed by atoms with Crippen LogP contribution < -0.4 is 5.32 Å². The molecule has 1 amide bonds. The third kappa shape index (κ3) is 3.35. The summed E-state index contributed by atoms with van der Waals surface area (Å²) in [4.78, 5) is 22.3. The lowest BCUT2D eigenvalue weighted by Crippen LogP contribution is -2.32. The Balaban J connectivity index is 2.19. The average molecular weight is 256 g/mol. The average Bonchev–Trinajstić information content (AvgIpc) is 2.40. The van der Waals surface area contributed by atoms with E-state index in [-0.39, 0.29) is 5.91 Å². The highest BCUT2D eigenvalue weighted by Gasteiger charge is 2.23. The third-order valence-corrected chi connectivity index (χ3v) is 2.68. The number of nitrogens with one attached hydrogen (secondary N) is 1. The van der Waals surface area contributed by atoms with E-state index in [9.17, 15) is 4.79 Å². The van der Waals surface area contributed by atoms with Gasteiger partial charge in [-0.1, -0.05) is 12.1 Å². The summed E-state index contributed by atoms with van der Waals surface area (Å²) >= 11 is 0. The van der Waals surface area contributed by atoms with Crippen LogP contribution in [0.3, 0.4) is 0 Å². The van der Waals surface area contributed by atoms with E-state index in [1.165, 1.54) is 0 Å². The molecule has 0 bridgehead atoms. The molecule has 98 valence electrons. The smallest absolute Gasteiger partial charge is 0.247 e. The highest BCUT2D eigenvalue weighted by molar-refractivity contribution is 5.94. The summed E-state index contributed by atoms with van der Waals surface area (Å²) in [6.45, 7) is 0. The lowest BCUT2D eigenvalue weighted by molar-refractivity contribution is -0.120. The van der Waals surface area contributed by atoms with Crippen LogP contribution in [0.25, 0.3) is 0 Å². The van der Waals surface area contributed by atoms with E-state index in [4.69, 9.17) is 0 Å². The maximum Gasteiger partial charge on any atom is 0.247 e. The molecule has 0 saturated carbocycles. The highest BCUT2D eigenvalue weighted by atomic mass is 16.2. The highest BCUT2D eigenvalue weighted by Crippen LogP contribution is 2.18. The summed E-state index contributed by atoms with van der Waals surface area (Å²) in [5, 5.41) is 2.80. The van der Waals surface area contributed by atoms with E-state index in [0.29, 0.717) is 5.82 Å². The fraction of sp³-hybridized carbons (Fsp3) is 0.214. The van der Waals surface area contributed by atoms with Crippen molar-refractivity contribution in [1.82, 2.24) is 14.9 Å². The second-order valence-corrected chi connectivity index (χ2v) is 4.36. The van der Waals surface area contributed by atoms with Crippen LogP contribution in [-0.2, 0) is 4.79 Å². The summed E-state index contributed by atoms with van der Waals surface area (Å²) in [5.74, 6) is 0.417. The number of amides is 1. The van der Waals surface area contributed by atoms with Crippen molar-refractivity contribution in [2.45, 2.75) is 6.04 Å². The molecule has 0 fully saturated rings. The number of carbonyl (C=O) groups excluding carboxylic acids is 1. The van der Waals surface area contributed by atoms with Crippen LogP contribution in [0.5, 0.6) is 0 Å². The Morgan fingerprint density at radius 1 is 1.21 bits per heavy atom. The van der Waals surface area contributed by atoms with Crippen molar-refractivity contribution in [2.24, 2.45) is 0 Å². The van der Waals surface area contributed by atoms with Gasteiger partial charge in [0.1, 0.15) is 11.9 Å². The van der Waals surface area contributed by atoms with Crippen molar-refractivity contribution >= 4 is 11.7 Å². The molecular formula is C14H16N4O. The molecule has 5 heteroatoms. The van der Waals surface area contributed by atoms with Gasteiger partial charge in [0.2, 0.25) is 5.91 Å². The Kier molecular flexibility index (Phi) is 4.20. The van der Waals surface area contributed by atoms with Crippen molar-refractivity contribution in [3.63, 3.8) is 0 Å². The van der Waals surface area contributed by atoms with Crippen LogP contribution in [0, 0.1) is 0 Å². The SMILES string of the molecule is CN(C)C(C(=O)Nc1ccccn1)c1cccnc1. The molecule has 0 saturated heterocycles. The topological polar surface area (TPSA) is 58.1 Å². The van der Waals surface area contributed by atoms with Gasteiger partial charge in [-0.2, -0.15) is 0 Å². The third-order valence-electron chi connectivity index (χ3n) is 2.68. The minimum Gasteiger partial charge on any atom is -0.309 e. The first-order valence-electron chi connectivity index (χ1n) is 5.96. The first-order chi connectivity index (χ1) is 9.18. The summed E-state index contributed by atoms with van der Waals surface area (Å²) in [6.07, 6.45) is 5.03. The number of pyridine rings is 2. The number of anilines is 1. The lowest BCUT2D eigenvalue weighted by atomic mass is 10.1. The Labute approximate surface area is 112 Å². The molecule has 1 N–H and O–H groups in total. The zero-order chi connectivity index (χ0) is 13.7.